The van der Waals surface area contributed by atoms with Gasteiger partial charge in [0.25, 0.3) is 0 Å². The van der Waals surface area contributed by atoms with Gasteiger partial charge in [-0.15, -0.1) is 0 Å². The van der Waals surface area contributed by atoms with Crippen molar-refractivity contribution >= 4 is 41.2 Å². The molecule has 10 heteroatoms. The Labute approximate surface area is 209 Å². The first-order valence-corrected chi connectivity index (χ1v) is 12.9. The molecule has 0 saturated carbocycles. The third kappa shape index (κ3) is 6.13. The standard InChI is InChI=1S/C24H30ClN5O3S/c1-24(2,3)33-23(32)28-19(12-16-4-6-17(25)7-5-16)22(31)30-10-8-29(9-11-30)21-18-13-34-14-20(18)26-15-27-21/h4-7,15,19H,8-14H2,1-3H3,(H,28,32). The molecule has 1 aromatic heterocycles. The highest BCUT2D eigenvalue weighted by molar-refractivity contribution is 7.98. The van der Waals surface area contributed by atoms with Crippen LogP contribution in [0.25, 0.3) is 0 Å². The molecule has 0 spiro atoms. The molecule has 1 N–H and O–H groups in total. The number of anilines is 1. The smallest absolute Gasteiger partial charge is 0.408 e. The number of nitrogens with zero attached hydrogens (tertiary/aromatic N) is 4. The molecule has 34 heavy (non-hydrogen) atoms. The number of hydrogen-bond acceptors (Lipinski definition) is 7. The van der Waals surface area contributed by atoms with Gasteiger partial charge in [0.2, 0.25) is 5.91 Å². The minimum atomic E-state index is -0.734. The van der Waals surface area contributed by atoms with Crippen molar-refractivity contribution in [2.24, 2.45) is 0 Å². The summed E-state index contributed by atoms with van der Waals surface area (Å²) in [4.78, 5) is 38.9. The zero-order chi connectivity index (χ0) is 24.3. The van der Waals surface area contributed by atoms with E-state index < -0.39 is 17.7 Å². The molecule has 1 aromatic carbocycles. The van der Waals surface area contributed by atoms with Gasteiger partial charge in [0, 0.05) is 54.7 Å². The van der Waals surface area contributed by atoms with Gasteiger partial charge in [0.05, 0.1) is 5.69 Å². The summed E-state index contributed by atoms with van der Waals surface area (Å²) >= 11 is 7.86. The van der Waals surface area contributed by atoms with Crippen LogP contribution in [0.5, 0.6) is 0 Å². The Morgan fingerprint density at radius 3 is 2.50 bits per heavy atom. The average molecular weight is 504 g/mol. The molecule has 2 aromatic rings. The fourth-order valence-electron chi connectivity index (χ4n) is 4.10. The van der Waals surface area contributed by atoms with Crippen LogP contribution >= 0.6 is 23.4 Å². The predicted molar refractivity (Wildman–Crippen MR) is 134 cm³/mol. The van der Waals surface area contributed by atoms with E-state index in [2.05, 4.69) is 20.2 Å². The Hall–Kier alpha value is -2.52. The Kier molecular flexibility index (Phi) is 7.52. The zero-order valence-corrected chi connectivity index (χ0v) is 21.3. The molecule has 0 radical (unpaired) electrons. The van der Waals surface area contributed by atoms with E-state index in [1.54, 1.807) is 39.2 Å². The second-order valence-corrected chi connectivity index (χ2v) is 10.9. The van der Waals surface area contributed by atoms with E-state index >= 15 is 0 Å². The van der Waals surface area contributed by atoms with Crippen LogP contribution in [0.2, 0.25) is 5.02 Å². The zero-order valence-electron chi connectivity index (χ0n) is 19.7. The van der Waals surface area contributed by atoms with Gasteiger partial charge >= 0.3 is 6.09 Å². The number of ether oxygens (including phenoxy) is 1. The van der Waals surface area contributed by atoms with Gasteiger partial charge in [-0.25, -0.2) is 14.8 Å². The van der Waals surface area contributed by atoms with Crippen molar-refractivity contribution in [2.75, 3.05) is 31.1 Å². The number of nitrogens with one attached hydrogen (secondary N) is 1. The lowest BCUT2D eigenvalue weighted by Gasteiger charge is -2.37. The van der Waals surface area contributed by atoms with Crippen molar-refractivity contribution in [1.29, 1.82) is 0 Å². The minimum absolute atomic E-state index is 0.121. The van der Waals surface area contributed by atoms with E-state index in [9.17, 15) is 9.59 Å². The van der Waals surface area contributed by atoms with Crippen LogP contribution in [0.15, 0.2) is 30.6 Å². The van der Waals surface area contributed by atoms with Gasteiger partial charge in [-0.05, 0) is 38.5 Å². The molecule has 4 rings (SSSR count). The number of carbonyl (C=O) groups excluding carboxylic acids is 2. The number of alkyl carbamates (subject to hydrolysis) is 1. The Morgan fingerprint density at radius 1 is 1.12 bits per heavy atom. The van der Waals surface area contributed by atoms with Gasteiger partial charge in [-0.1, -0.05) is 23.7 Å². The maximum atomic E-state index is 13.5. The summed E-state index contributed by atoms with van der Waals surface area (Å²) in [6.07, 6.45) is 1.38. The predicted octanol–water partition coefficient (Wildman–Crippen LogP) is 3.66. The van der Waals surface area contributed by atoms with Crippen LogP contribution in [0.4, 0.5) is 10.6 Å². The highest BCUT2D eigenvalue weighted by Gasteiger charge is 2.31. The van der Waals surface area contributed by atoms with Crippen molar-refractivity contribution in [2.45, 2.75) is 50.3 Å². The average Bonchev–Trinajstić information content (AvgIpc) is 3.27. The highest BCUT2D eigenvalue weighted by atomic mass is 35.5. The SMILES string of the molecule is CC(C)(C)OC(=O)NC(Cc1ccc(Cl)cc1)C(=O)N1CCN(c2ncnc3c2CSC3)CC1. The normalized spacial score (nSPS) is 16.7. The molecular weight excluding hydrogens is 474 g/mol. The van der Waals surface area contributed by atoms with Crippen LogP contribution in [-0.4, -0.2) is 64.7 Å². The second-order valence-electron chi connectivity index (χ2n) is 9.46. The van der Waals surface area contributed by atoms with Crippen molar-refractivity contribution in [3.8, 4) is 0 Å². The quantitative estimate of drug-likeness (QED) is 0.666. The summed E-state index contributed by atoms with van der Waals surface area (Å²) in [5.41, 5.74) is 2.57. The van der Waals surface area contributed by atoms with Crippen LogP contribution in [0.1, 0.15) is 37.6 Å². The first-order valence-electron chi connectivity index (χ1n) is 11.4. The summed E-state index contributed by atoms with van der Waals surface area (Å²) in [6, 6.07) is 6.56. The molecule has 0 aliphatic carbocycles. The maximum absolute atomic E-state index is 13.5. The first kappa shape index (κ1) is 24.6. The Morgan fingerprint density at radius 2 is 1.82 bits per heavy atom. The molecule has 3 heterocycles. The van der Waals surface area contributed by atoms with Gasteiger partial charge in [0.15, 0.2) is 0 Å². The van der Waals surface area contributed by atoms with E-state index in [1.807, 2.05) is 28.8 Å². The monoisotopic (exact) mass is 503 g/mol. The number of piperazine rings is 1. The first-order chi connectivity index (χ1) is 16.2. The number of hydrogen-bond donors (Lipinski definition) is 1. The third-order valence-electron chi connectivity index (χ3n) is 5.73. The molecule has 1 saturated heterocycles. The van der Waals surface area contributed by atoms with Crippen molar-refractivity contribution in [3.63, 3.8) is 0 Å². The number of amides is 2. The summed E-state index contributed by atoms with van der Waals surface area (Å²) in [7, 11) is 0. The van der Waals surface area contributed by atoms with Gasteiger partial charge < -0.3 is 19.9 Å². The number of halogens is 1. The number of aromatic nitrogens is 2. The topological polar surface area (TPSA) is 87.7 Å². The lowest BCUT2D eigenvalue weighted by atomic mass is 10.0. The van der Waals surface area contributed by atoms with Crippen LogP contribution in [-0.2, 0) is 27.5 Å². The fourth-order valence-corrected chi connectivity index (χ4v) is 5.27. The fraction of sp³-hybridized carbons (Fsp3) is 0.500. The molecule has 182 valence electrons. The molecule has 1 unspecified atom stereocenters. The third-order valence-corrected chi connectivity index (χ3v) is 6.95. The molecule has 2 aliphatic heterocycles. The van der Waals surface area contributed by atoms with E-state index in [0.29, 0.717) is 37.6 Å². The molecule has 2 aliphatic rings. The number of rotatable bonds is 5. The number of benzene rings is 1. The highest BCUT2D eigenvalue weighted by Crippen LogP contribution is 2.34. The second kappa shape index (κ2) is 10.4. The van der Waals surface area contributed by atoms with Gasteiger partial charge in [-0.3, -0.25) is 4.79 Å². The number of thioether (sulfide) groups is 1. The lowest BCUT2D eigenvalue weighted by molar-refractivity contribution is -0.133. The summed E-state index contributed by atoms with van der Waals surface area (Å²) < 4.78 is 5.41. The molecule has 1 atom stereocenters. The van der Waals surface area contributed by atoms with Crippen molar-refractivity contribution < 1.29 is 14.3 Å². The minimum Gasteiger partial charge on any atom is -0.444 e. The summed E-state index contributed by atoms with van der Waals surface area (Å²) in [5.74, 6) is 2.70. The summed E-state index contributed by atoms with van der Waals surface area (Å²) in [5, 5.41) is 3.41. The molecule has 0 bridgehead atoms. The maximum Gasteiger partial charge on any atom is 0.408 e. The largest absolute Gasteiger partial charge is 0.444 e. The van der Waals surface area contributed by atoms with Gasteiger partial charge in [0.1, 0.15) is 23.8 Å². The molecule has 2 amide bonds. The molecule has 8 nitrogen and oxygen atoms in total. The van der Waals surface area contributed by atoms with Crippen molar-refractivity contribution in [1.82, 2.24) is 20.2 Å². The Balaban J connectivity index is 1.44. The number of fused-ring (bicyclic) bond motifs is 1. The van der Waals surface area contributed by atoms with Crippen LogP contribution in [0.3, 0.4) is 0 Å². The van der Waals surface area contributed by atoms with E-state index in [4.69, 9.17) is 16.3 Å². The van der Waals surface area contributed by atoms with E-state index in [1.165, 1.54) is 5.56 Å². The molecular formula is C24H30ClN5O3S. The lowest BCUT2D eigenvalue weighted by Crippen LogP contribution is -2.56. The van der Waals surface area contributed by atoms with E-state index in [0.717, 1.165) is 28.6 Å². The van der Waals surface area contributed by atoms with Crippen molar-refractivity contribution in [3.05, 3.63) is 52.4 Å². The molecule has 1 fully saturated rings. The van der Waals surface area contributed by atoms with Crippen LogP contribution < -0.4 is 10.2 Å². The van der Waals surface area contributed by atoms with Gasteiger partial charge in [-0.2, -0.15) is 11.8 Å². The number of carbonyl (C=O) groups is 2. The summed E-state index contributed by atoms with van der Waals surface area (Å²) in [6.45, 7) is 7.86. The van der Waals surface area contributed by atoms with E-state index in [-0.39, 0.29) is 5.91 Å². The Bertz CT molecular complexity index is 1040. The van der Waals surface area contributed by atoms with Crippen LogP contribution in [0, 0.1) is 0 Å².